The smallest absolute Gasteiger partial charge is 0.159 e. The largest absolute Gasteiger partial charge is 0.295 e. The number of hydrogen-bond donors (Lipinski definition) is 0. The van der Waals surface area contributed by atoms with Crippen LogP contribution in [-0.2, 0) is 4.79 Å². The number of rotatable bonds is 0. The van der Waals surface area contributed by atoms with Crippen molar-refractivity contribution in [2.75, 3.05) is 0 Å². The fourth-order valence-electron chi connectivity index (χ4n) is 3.38. The molecule has 0 saturated carbocycles. The monoisotopic (exact) mass is 234 g/mol. The molecular formula is C16H26O. The second kappa shape index (κ2) is 6.37. The lowest BCUT2D eigenvalue weighted by Crippen LogP contribution is -1.97. The highest BCUT2D eigenvalue weighted by molar-refractivity contribution is 5.99. The molecule has 0 amide bonds. The van der Waals surface area contributed by atoms with Crippen molar-refractivity contribution in [2.45, 2.75) is 77.6 Å². The summed E-state index contributed by atoms with van der Waals surface area (Å²) in [7, 11) is 0. The van der Waals surface area contributed by atoms with Gasteiger partial charge in [-0.05, 0) is 37.2 Å². The average Bonchev–Trinajstić information content (AvgIpc) is 2.54. The van der Waals surface area contributed by atoms with Gasteiger partial charge in [0.1, 0.15) is 0 Å². The summed E-state index contributed by atoms with van der Waals surface area (Å²) in [6.07, 6.45) is 13.9. The molecule has 2 rings (SSSR count). The molecule has 1 atom stereocenters. The predicted molar refractivity (Wildman–Crippen MR) is 72.0 cm³/mol. The van der Waals surface area contributed by atoms with E-state index in [0.29, 0.717) is 11.7 Å². The third kappa shape index (κ3) is 3.43. The maximum atomic E-state index is 12.0. The molecule has 0 bridgehead atoms. The van der Waals surface area contributed by atoms with Crippen LogP contribution >= 0.6 is 0 Å². The van der Waals surface area contributed by atoms with Gasteiger partial charge in [0, 0.05) is 6.42 Å². The normalized spacial score (nSPS) is 28.5. The van der Waals surface area contributed by atoms with Crippen molar-refractivity contribution in [1.29, 1.82) is 0 Å². The van der Waals surface area contributed by atoms with Gasteiger partial charge < -0.3 is 0 Å². The molecule has 96 valence electrons. The molecule has 0 fully saturated rings. The van der Waals surface area contributed by atoms with Crippen LogP contribution in [0, 0.1) is 5.92 Å². The molecule has 2 aliphatic carbocycles. The Morgan fingerprint density at radius 1 is 0.824 bits per heavy atom. The van der Waals surface area contributed by atoms with Crippen LogP contribution in [0.15, 0.2) is 11.1 Å². The zero-order valence-corrected chi connectivity index (χ0v) is 11.3. The van der Waals surface area contributed by atoms with Crippen LogP contribution in [0.25, 0.3) is 0 Å². The van der Waals surface area contributed by atoms with E-state index < -0.39 is 0 Å². The number of ketones is 1. The Hall–Kier alpha value is -0.590. The third-order valence-corrected chi connectivity index (χ3v) is 4.43. The van der Waals surface area contributed by atoms with E-state index in [1.54, 1.807) is 0 Å². The van der Waals surface area contributed by atoms with Crippen LogP contribution in [-0.4, -0.2) is 5.78 Å². The molecule has 0 heterocycles. The Kier molecular flexibility index (Phi) is 4.82. The number of hydrogen-bond acceptors (Lipinski definition) is 1. The van der Waals surface area contributed by atoms with Gasteiger partial charge in [-0.2, -0.15) is 0 Å². The Morgan fingerprint density at radius 3 is 2.00 bits per heavy atom. The Morgan fingerprint density at radius 2 is 1.35 bits per heavy atom. The van der Waals surface area contributed by atoms with Crippen LogP contribution in [0.2, 0.25) is 0 Å². The number of carbonyl (C=O) groups excluding carboxylic acids is 1. The first kappa shape index (κ1) is 12.9. The quantitative estimate of drug-likeness (QED) is 0.588. The Balaban J connectivity index is 2.03. The van der Waals surface area contributed by atoms with Crippen LogP contribution in [0.3, 0.4) is 0 Å². The standard InChI is InChI=1S/C16H26O/c1-13-12-16(17)15-11-9-7-5-3-2-4-6-8-10-14(13)15/h13H,2-12H2,1H3/t13-/m0/s1. The van der Waals surface area contributed by atoms with E-state index in [1.807, 2.05) is 0 Å². The van der Waals surface area contributed by atoms with Crippen molar-refractivity contribution in [3.05, 3.63) is 11.1 Å². The van der Waals surface area contributed by atoms with Gasteiger partial charge >= 0.3 is 0 Å². The minimum atomic E-state index is 0.463. The average molecular weight is 234 g/mol. The van der Waals surface area contributed by atoms with Crippen molar-refractivity contribution in [2.24, 2.45) is 5.92 Å². The maximum absolute atomic E-state index is 12.0. The summed E-state index contributed by atoms with van der Waals surface area (Å²) in [5.74, 6) is 1.00. The lowest BCUT2D eigenvalue weighted by Gasteiger charge is -2.12. The summed E-state index contributed by atoms with van der Waals surface area (Å²) in [6, 6.07) is 0. The fourth-order valence-corrected chi connectivity index (χ4v) is 3.38. The first-order valence-electron chi connectivity index (χ1n) is 7.54. The van der Waals surface area contributed by atoms with E-state index in [-0.39, 0.29) is 0 Å². The van der Waals surface area contributed by atoms with Gasteiger partial charge in [0.05, 0.1) is 0 Å². The molecule has 0 unspecified atom stereocenters. The molecule has 0 radical (unpaired) electrons. The lowest BCUT2D eigenvalue weighted by molar-refractivity contribution is -0.115. The molecule has 0 saturated heterocycles. The van der Waals surface area contributed by atoms with Crippen LogP contribution in [0.4, 0.5) is 0 Å². The molecule has 0 aliphatic heterocycles. The van der Waals surface area contributed by atoms with Gasteiger partial charge in [-0.1, -0.05) is 51.0 Å². The van der Waals surface area contributed by atoms with E-state index in [0.717, 1.165) is 12.8 Å². The maximum Gasteiger partial charge on any atom is 0.159 e. The van der Waals surface area contributed by atoms with E-state index in [4.69, 9.17) is 0 Å². The molecule has 0 N–H and O–H groups in total. The number of Topliss-reactive ketones (excluding diaryl/α,β-unsaturated/α-hetero) is 1. The third-order valence-electron chi connectivity index (χ3n) is 4.43. The van der Waals surface area contributed by atoms with Crippen molar-refractivity contribution in [3.63, 3.8) is 0 Å². The highest BCUT2D eigenvalue weighted by Crippen LogP contribution is 2.35. The summed E-state index contributed by atoms with van der Waals surface area (Å²) in [4.78, 5) is 12.0. The van der Waals surface area contributed by atoms with E-state index in [1.165, 1.54) is 68.9 Å². The van der Waals surface area contributed by atoms with Crippen molar-refractivity contribution in [3.8, 4) is 0 Å². The minimum Gasteiger partial charge on any atom is -0.295 e. The molecule has 2 aliphatic rings. The van der Waals surface area contributed by atoms with Crippen molar-refractivity contribution < 1.29 is 4.79 Å². The van der Waals surface area contributed by atoms with Crippen molar-refractivity contribution >= 4 is 5.78 Å². The van der Waals surface area contributed by atoms with Gasteiger partial charge in [0.15, 0.2) is 5.78 Å². The molecule has 1 nitrogen and oxygen atoms in total. The van der Waals surface area contributed by atoms with Gasteiger partial charge in [-0.3, -0.25) is 4.79 Å². The zero-order chi connectivity index (χ0) is 12.1. The van der Waals surface area contributed by atoms with E-state index in [2.05, 4.69) is 6.92 Å². The molecule has 17 heavy (non-hydrogen) atoms. The SMILES string of the molecule is C[C@H]1CC(=O)C2=C1CCCCCCCCCC2. The summed E-state index contributed by atoms with van der Waals surface area (Å²) < 4.78 is 0. The van der Waals surface area contributed by atoms with Crippen LogP contribution < -0.4 is 0 Å². The van der Waals surface area contributed by atoms with Crippen LogP contribution in [0.5, 0.6) is 0 Å². The summed E-state index contributed by atoms with van der Waals surface area (Å²) in [6.45, 7) is 2.24. The van der Waals surface area contributed by atoms with Gasteiger partial charge in [-0.25, -0.2) is 0 Å². The van der Waals surface area contributed by atoms with Gasteiger partial charge in [0.25, 0.3) is 0 Å². The first-order chi connectivity index (χ1) is 8.29. The predicted octanol–water partition coefficient (Wildman–Crippen LogP) is 4.81. The van der Waals surface area contributed by atoms with Crippen molar-refractivity contribution in [1.82, 2.24) is 0 Å². The minimum absolute atomic E-state index is 0.463. The molecule has 0 spiro atoms. The van der Waals surface area contributed by atoms with Crippen LogP contribution in [0.1, 0.15) is 77.6 Å². The Labute approximate surface area is 106 Å². The van der Waals surface area contributed by atoms with Gasteiger partial charge in [0.2, 0.25) is 0 Å². The highest BCUT2D eigenvalue weighted by atomic mass is 16.1. The summed E-state index contributed by atoms with van der Waals surface area (Å²) in [5, 5.41) is 0. The van der Waals surface area contributed by atoms with Gasteiger partial charge in [-0.15, -0.1) is 0 Å². The Bertz CT molecular complexity index is 301. The highest BCUT2D eigenvalue weighted by Gasteiger charge is 2.27. The molecular weight excluding hydrogens is 208 g/mol. The topological polar surface area (TPSA) is 17.1 Å². The summed E-state index contributed by atoms with van der Waals surface area (Å²) >= 11 is 0. The zero-order valence-electron chi connectivity index (χ0n) is 11.3. The second-order valence-corrected chi connectivity index (χ2v) is 5.86. The second-order valence-electron chi connectivity index (χ2n) is 5.86. The molecule has 0 aromatic rings. The molecule has 1 heteroatoms. The van der Waals surface area contributed by atoms with E-state index in [9.17, 15) is 4.79 Å². The number of carbonyl (C=O) groups is 1. The van der Waals surface area contributed by atoms with E-state index >= 15 is 0 Å². The number of allylic oxidation sites excluding steroid dienone is 2. The first-order valence-corrected chi connectivity index (χ1v) is 7.54. The summed E-state index contributed by atoms with van der Waals surface area (Å²) in [5.41, 5.74) is 2.76. The molecule has 0 aromatic carbocycles. The molecule has 0 aromatic heterocycles. The fraction of sp³-hybridized carbons (Fsp3) is 0.812. The lowest BCUT2D eigenvalue weighted by atomic mass is 9.93.